The van der Waals surface area contributed by atoms with E-state index >= 15 is 0 Å². The van der Waals surface area contributed by atoms with Gasteiger partial charge in [0.25, 0.3) is 0 Å². The summed E-state index contributed by atoms with van der Waals surface area (Å²) in [5.74, 6) is -0.927. The number of esters is 3. The standard InChI is InChI=1S/C48H94N2O7/c1-7-9-11-13-15-17-19-21-23-25-27-29-31-36-45(52)55-41-43(56-46(53)37-32-30-28-26-24-22-20-18-16-14-12-10-8-2)40-50(39-42(3)51)38-34-33-35-44(49)47(54)57-48(4,5)6/h42-44,51H,7-41,49H2,1-6H3. The molecule has 0 aromatic rings. The molecule has 0 saturated heterocycles. The van der Waals surface area contributed by atoms with Crippen LogP contribution in [0.5, 0.6) is 0 Å². The molecular weight excluding hydrogens is 717 g/mol. The first-order valence-electron chi connectivity index (χ1n) is 24.1. The Kier molecular flexibility index (Phi) is 37.3. The number of aliphatic hydroxyl groups excluding tert-OH is 1. The maximum Gasteiger partial charge on any atom is 0.323 e. The molecule has 0 aromatic heterocycles. The number of nitrogens with two attached hydrogens (primary N) is 1. The lowest BCUT2D eigenvalue weighted by Crippen LogP contribution is -2.42. The largest absolute Gasteiger partial charge is 0.462 e. The first kappa shape index (κ1) is 55.3. The molecule has 0 bridgehead atoms. The Bertz CT molecular complexity index is 938. The molecule has 9 heteroatoms. The van der Waals surface area contributed by atoms with Gasteiger partial charge >= 0.3 is 17.9 Å². The van der Waals surface area contributed by atoms with Crippen LogP contribution in [0.15, 0.2) is 0 Å². The molecule has 338 valence electrons. The molecule has 3 atom stereocenters. The van der Waals surface area contributed by atoms with Gasteiger partial charge in [-0.1, -0.05) is 174 Å². The lowest BCUT2D eigenvalue weighted by Gasteiger charge is -2.28. The molecule has 9 nitrogen and oxygen atoms in total. The molecule has 0 saturated carbocycles. The van der Waals surface area contributed by atoms with Crippen LogP contribution in [0.3, 0.4) is 0 Å². The summed E-state index contributed by atoms with van der Waals surface area (Å²) in [4.78, 5) is 40.2. The third kappa shape index (κ3) is 39.5. The summed E-state index contributed by atoms with van der Waals surface area (Å²) in [6.07, 6.45) is 33.8. The third-order valence-electron chi connectivity index (χ3n) is 10.6. The summed E-state index contributed by atoms with van der Waals surface area (Å²) >= 11 is 0. The van der Waals surface area contributed by atoms with Crippen molar-refractivity contribution in [1.82, 2.24) is 4.90 Å². The fourth-order valence-electron chi connectivity index (χ4n) is 7.31. The number of rotatable bonds is 41. The van der Waals surface area contributed by atoms with Gasteiger partial charge in [-0.05, 0) is 59.9 Å². The molecule has 3 N–H and O–H groups in total. The highest BCUT2D eigenvalue weighted by molar-refractivity contribution is 5.75. The monoisotopic (exact) mass is 811 g/mol. The summed E-state index contributed by atoms with van der Waals surface area (Å²) in [6.45, 7) is 13.1. The minimum absolute atomic E-state index is 0.00144. The van der Waals surface area contributed by atoms with Gasteiger partial charge in [0.2, 0.25) is 0 Å². The van der Waals surface area contributed by atoms with Crippen molar-refractivity contribution in [3.63, 3.8) is 0 Å². The Balaban J connectivity index is 4.80. The van der Waals surface area contributed by atoms with Crippen LogP contribution in [0.2, 0.25) is 0 Å². The lowest BCUT2D eigenvalue weighted by atomic mass is 10.0. The third-order valence-corrected chi connectivity index (χ3v) is 10.6. The highest BCUT2D eigenvalue weighted by Gasteiger charge is 2.24. The minimum atomic E-state index is -0.692. The first-order chi connectivity index (χ1) is 27.4. The predicted molar refractivity (Wildman–Crippen MR) is 237 cm³/mol. The number of hydrogen-bond donors (Lipinski definition) is 2. The minimum Gasteiger partial charge on any atom is -0.462 e. The van der Waals surface area contributed by atoms with Gasteiger partial charge in [0.1, 0.15) is 24.4 Å². The number of ether oxygens (including phenoxy) is 3. The highest BCUT2D eigenvalue weighted by Crippen LogP contribution is 2.16. The Morgan fingerprint density at radius 1 is 0.579 bits per heavy atom. The summed E-state index contributed by atoms with van der Waals surface area (Å²) < 4.78 is 17.1. The van der Waals surface area contributed by atoms with Gasteiger partial charge in [-0.25, -0.2) is 0 Å². The van der Waals surface area contributed by atoms with Gasteiger partial charge in [0.05, 0.1) is 6.10 Å². The zero-order chi connectivity index (χ0) is 42.4. The second-order valence-corrected chi connectivity index (χ2v) is 18.0. The molecule has 0 rings (SSSR count). The molecule has 0 spiro atoms. The maximum absolute atomic E-state index is 13.0. The fourth-order valence-corrected chi connectivity index (χ4v) is 7.31. The maximum atomic E-state index is 13.0. The molecule has 0 heterocycles. The SMILES string of the molecule is CCCCCCCCCCCCCCCC(=O)OCC(CN(CCCCC(N)C(=O)OC(C)(C)C)CC(C)O)OC(=O)CCCCCCCCCCCCCCC. The van der Waals surface area contributed by atoms with E-state index in [9.17, 15) is 19.5 Å². The number of carbonyl (C=O) groups is 3. The Labute approximate surface area is 352 Å². The van der Waals surface area contributed by atoms with E-state index < -0.39 is 29.8 Å². The van der Waals surface area contributed by atoms with Crippen LogP contribution in [0, 0.1) is 0 Å². The van der Waals surface area contributed by atoms with E-state index in [2.05, 4.69) is 13.8 Å². The topological polar surface area (TPSA) is 128 Å². The lowest BCUT2D eigenvalue weighted by molar-refractivity contribution is -0.160. The number of nitrogens with zero attached hydrogens (tertiary/aromatic N) is 1. The van der Waals surface area contributed by atoms with E-state index in [0.29, 0.717) is 45.3 Å². The number of aliphatic hydroxyl groups is 1. The molecule has 0 aliphatic heterocycles. The summed E-state index contributed by atoms with van der Waals surface area (Å²) in [5, 5.41) is 10.3. The smallest absolute Gasteiger partial charge is 0.323 e. The number of unbranched alkanes of at least 4 members (excludes halogenated alkanes) is 25. The molecule has 0 aromatic carbocycles. The highest BCUT2D eigenvalue weighted by atomic mass is 16.6. The van der Waals surface area contributed by atoms with Crippen LogP contribution in [-0.2, 0) is 28.6 Å². The number of carbonyl (C=O) groups excluding carboxylic acids is 3. The van der Waals surface area contributed by atoms with Crippen molar-refractivity contribution >= 4 is 17.9 Å². The quantitative estimate of drug-likeness (QED) is 0.0352. The Hall–Kier alpha value is -1.71. The van der Waals surface area contributed by atoms with Gasteiger partial charge < -0.3 is 25.1 Å². The molecule has 0 radical (unpaired) electrons. The van der Waals surface area contributed by atoms with Crippen LogP contribution in [0.4, 0.5) is 0 Å². The van der Waals surface area contributed by atoms with Gasteiger partial charge in [0.15, 0.2) is 0 Å². The predicted octanol–water partition coefficient (Wildman–Crippen LogP) is 11.9. The van der Waals surface area contributed by atoms with Crippen molar-refractivity contribution in [2.24, 2.45) is 5.73 Å². The summed E-state index contributed by atoms with van der Waals surface area (Å²) in [6, 6.07) is -0.692. The molecule has 0 fully saturated rings. The van der Waals surface area contributed by atoms with Crippen molar-refractivity contribution in [3.05, 3.63) is 0 Å². The fraction of sp³-hybridized carbons (Fsp3) is 0.938. The van der Waals surface area contributed by atoms with Crippen LogP contribution in [0.25, 0.3) is 0 Å². The molecule has 0 aliphatic carbocycles. The average Bonchev–Trinajstić information content (AvgIpc) is 3.15. The van der Waals surface area contributed by atoms with E-state index in [1.54, 1.807) is 6.92 Å². The van der Waals surface area contributed by atoms with E-state index in [1.807, 2.05) is 25.7 Å². The van der Waals surface area contributed by atoms with E-state index in [0.717, 1.165) is 44.9 Å². The van der Waals surface area contributed by atoms with Gasteiger partial charge in [-0.3, -0.25) is 19.3 Å². The summed E-state index contributed by atoms with van der Waals surface area (Å²) in [5.41, 5.74) is 5.51. The zero-order valence-electron chi connectivity index (χ0n) is 38.4. The van der Waals surface area contributed by atoms with Crippen LogP contribution >= 0.6 is 0 Å². The number of hydrogen-bond acceptors (Lipinski definition) is 9. The van der Waals surface area contributed by atoms with Crippen molar-refractivity contribution in [2.45, 2.75) is 264 Å². The molecule has 0 aliphatic rings. The van der Waals surface area contributed by atoms with Crippen molar-refractivity contribution in [1.29, 1.82) is 0 Å². The molecular formula is C48H94N2O7. The van der Waals surface area contributed by atoms with Gasteiger partial charge in [-0.15, -0.1) is 0 Å². The van der Waals surface area contributed by atoms with E-state index in [4.69, 9.17) is 19.9 Å². The van der Waals surface area contributed by atoms with Crippen LogP contribution in [-0.4, -0.2) is 78.0 Å². The second kappa shape index (κ2) is 38.5. The zero-order valence-corrected chi connectivity index (χ0v) is 38.4. The summed E-state index contributed by atoms with van der Waals surface area (Å²) in [7, 11) is 0. The van der Waals surface area contributed by atoms with E-state index in [1.165, 1.54) is 128 Å². The van der Waals surface area contributed by atoms with Gasteiger partial charge in [-0.2, -0.15) is 0 Å². The average molecular weight is 811 g/mol. The second-order valence-electron chi connectivity index (χ2n) is 18.0. The van der Waals surface area contributed by atoms with E-state index in [-0.39, 0.29) is 18.5 Å². The normalized spacial score (nSPS) is 13.4. The molecule has 57 heavy (non-hydrogen) atoms. The van der Waals surface area contributed by atoms with Crippen molar-refractivity contribution in [2.75, 3.05) is 26.2 Å². The van der Waals surface area contributed by atoms with Crippen LogP contribution < -0.4 is 5.73 Å². The van der Waals surface area contributed by atoms with Crippen molar-refractivity contribution in [3.8, 4) is 0 Å². The first-order valence-corrected chi connectivity index (χ1v) is 24.1. The Morgan fingerprint density at radius 3 is 1.39 bits per heavy atom. The van der Waals surface area contributed by atoms with Crippen LogP contribution in [0.1, 0.15) is 241 Å². The molecule has 0 amide bonds. The Morgan fingerprint density at radius 2 is 0.982 bits per heavy atom. The molecule has 3 unspecified atom stereocenters. The van der Waals surface area contributed by atoms with Crippen molar-refractivity contribution < 1.29 is 33.7 Å². The van der Waals surface area contributed by atoms with Gasteiger partial charge in [0, 0.05) is 25.9 Å².